The summed E-state index contributed by atoms with van der Waals surface area (Å²) in [5, 5.41) is 21.7. The van der Waals surface area contributed by atoms with Gasteiger partial charge in [-0.25, -0.2) is 0 Å². The highest BCUT2D eigenvalue weighted by Gasteiger charge is 2.16. The van der Waals surface area contributed by atoms with Gasteiger partial charge in [-0.3, -0.25) is 14.9 Å². The number of nitro groups is 1. The number of carbonyl (C=O) groups excluding carboxylic acids is 1. The Morgan fingerprint density at radius 2 is 2.09 bits per heavy atom. The Hall–Kier alpha value is -1.46. The van der Waals surface area contributed by atoms with Crippen LogP contribution < -0.4 is 5.32 Å². The third-order valence-electron chi connectivity index (χ3n) is 2.50. The van der Waals surface area contributed by atoms with Crippen molar-refractivity contribution in [1.29, 1.82) is 0 Å². The minimum absolute atomic E-state index is 0.0785. The normalized spacial score (nSPS) is 10.5. The Kier molecular flexibility index (Phi) is 5.53. The predicted octanol–water partition coefficient (Wildman–Crippen LogP) is 2.98. The fourth-order valence-electron chi connectivity index (χ4n) is 1.49. The van der Waals surface area contributed by atoms with E-state index in [1.165, 1.54) is 23.9 Å². The van der Waals surface area contributed by atoms with Crippen molar-refractivity contribution in [3.05, 3.63) is 37.5 Å². The summed E-state index contributed by atoms with van der Waals surface area (Å²) in [6.07, 6.45) is 1.55. The lowest BCUT2D eigenvalue weighted by Crippen LogP contribution is -2.15. The van der Waals surface area contributed by atoms with Gasteiger partial charge in [0.1, 0.15) is 6.33 Å². The maximum absolute atomic E-state index is 12.0. The lowest BCUT2D eigenvalue weighted by molar-refractivity contribution is -0.385. The predicted molar refractivity (Wildman–Crippen MR) is 88.9 cm³/mol. The molecular weight excluding hydrogens is 442 g/mol. The molecule has 1 aromatic carbocycles. The molecule has 0 aliphatic rings. The zero-order valence-electron chi connectivity index (χ0n) is 11.1. The first-order valence-corrected chi connectivity index (χ1v) is 8.35. The molecule has 0 atom stereocenters. The molecule has 1 N–H and O–H groups in total. The number of thioether (sulfide) groups is 1. The van der Waals surface area contributed by atoms with E-state index in [1.54, 1.807) is 17.9 Å². The monoisotopic (exact) mass is 449 g/mol. The molecule has 2 rings (SSSR count). The highest BCUT2D eigenvalue weighted by Crippen LogP contribution is 2.35. The summed E-state index contributed by atoms with van der Waals surface area (Å²) in [5.41, 5.74) is 0.361. The number of aryl methyl sites for hydroxylation is 1. The molecule has 0 fully saturated rings. The number of halogens is 2. The van der Waals surface area contributed by atoms with Gasteiger partial charge in [0, 0.05) is 28.1 Å². The SMILES string of the molecule is Cn1cnnc1SCC(=O)Nc1c(Br)cc([N+](=O)[O-])cc1Br. The van der Waals surface area contributed by atoms with Gasteiger partial charge in [-0.1, -0.05) is 11.8 Å². The molecule has 1 amide bonds. The lowest BCUT2D eigenvalue weighted by atomic mass is 10.3. The number of aromatic nitrogens is 3. The average Bonchev–Trinajstić information content (AvgIpc) is 2.85. The number of anilines is 1. The summed E-state index contributed by atoms with van der Waals surface area (Å²) < 4.78 is 2.55. The fourth-order valence-corrected chi connectivity index (χ4v) is 3.54. The van der Waals surface area contributed by atoms with Crippen LogP contribution >= 0.6 is 43.6 Å². The summed E-state index contributed by atoms with van der Waals surface area (Å²) in [6, 6.07) is 2.66. The van der Waals surface area contributed by atoms with Crippen molar-refractivity contribution in [3.63, 3.8) is 0 Å². The van der Waals surface area contributed by atoms with Crippen LogP contribution in [0.5, 0.6) is 0 Å². The van der Waals surface area contributed by atoms with E-state index in [1.807, 2.05) is 0 Å². The molecule has 22 heavy (non-hydrogen) atoms. The number of benzene rings is 1. The number of hydrogen-bond donors (Lipinski definition) is 1. The number of nitrogens with one attached hydrogen (secondary N) is 1. The molecule has 1 heterocycles. The average molecular weight is 451 g/mol. The van der Waals surface area contributed by atoms with Gasteiger partial charge in [0.25, 0.3) is 5.69 Å². The molecule has 0 spiro atoms. The minimum Gasteiger partial charge on any atom is -0.323 e. The van der Waals surface area contributed by atoms with Gasteiger partial charge in [-0.05, 0) is 31.9 Å². The smallest absolute Gasteiger partial charge is 0.271 e. The summed E-state index contributed by atoms with van der Waals surface area (Å²) >= 11 is 7.67. The van der Waals surface area contributed by atoms with E-state index in [9.17, 15) is 14.9 Å². The second-order valence-corrected chi connectivity index (χ2v) is 6.75. The molecule has 2 aromatic rings. The van der Waals surface area contributed by atoms with Gasteiger partial charge in [0.2, 0.25) is 5.91 Å². The molecule has 0 saturated heterocycles. The number of nitro benzene ring substituents is 1. The number of nitrogens with zero attached hydrogens (tertiary/aromatic N) is 4. The second kappa shape index (κ2) is 7.20. The van der Waals surface area contributed by atoms with Gasteiger partial charge in [-0.2, -0.15) is 0 Å². The molecule has 0 aliphatic carbocycles. The van der Waals surface area contributed by atoms with Gasteiger partial charge >= 0.3 is 0 Å². The van der Waals surface area contributed by atoms with Crippen molar-refractivity contribution in [2.24, 2.45) is 7.05 Å². The number of rotatable bonds is 5. The molecule has 116 valence electrons. The highest BCUT2D eigenvalue weighted by atomic mass is 79.9. The fraction of sp³-hybridized carbons (Fsp3) is 0.182. The number of carbonyl (C=O) groups is 1. The first-order valence-electron chi connectivity index (χ1n) is 5.78. The zero-order chi connectivity index (χ0) is 16.3. The van der Waals surface area contributed by atoms with E-state index in [2.05, 4.69) is 47.4 Å². The summed E-state index contributed by atoms with van der Waals surface area (Å²) in [6.45, 7) is 0. The van der Waals surface area contributed by atoms with Crippen LogP contribution in [0.1, 0.15) is 0 Å². The number of amides is 1. The molecular formula is C11H9Br2N5O3S. The Bertz CT molecular complexity index is 713. The van der Waals surface area contributed by atoms with Crippen LogP contribution in [0.15, 0.2) is 32.6 Å². The second-order valence-electron chi connectivity index (χ2n) is 4.10. The quantitative estimate of drug-likeness (QED) is 0.426. The third-order valence-corrected chi connectivity index (χ3v) is 4.79. The molecule has 11 heteroatoms. The minimum atomic E-state index is -0.509. The molecule has 0 bridgehead atoms. The van der Waals surface area contributed by atoms with Crippen molar-refractivity contribution in [2.45, 2.75) is 5.16 Å². The van der Waals surface area contributed by atoms with Crippen LogP contribution in [0.3, 0.4) is 0 Å². The van der Waals surface area contributed by atoms with Gasteiger partial charge in [-0.15, -0.1) is 10.2 Å². The summed E-state index contributed by atoms with van der Waals surface area (Å²) in [4.78, 5) is 22.2. The number of non-ortho nitro benzene ring substituents is 1. The van der Waals surface area contributed by atoms with Crippen LogP contribution in [0.4, 0.5) is 11.4 Å². The van der Waals surface area contributed by atoms with Crippen molar-refractivity contribution in [2.75, 3.05) is 11.1 Å². The molecule has 1 aromatic heterocycles. The van der Waals surface area contributed by atoms with Crippen LogP contribution in [-0.4, -0.2) is 31.3 Å². The van der Waals surface area contributed by atoms with Crippen LogP contribution in [0.25, 0.3) is 0 Å². The van der Waals surface area contributed by atoms with Crippen molar-refractivity contribution >= 4 is 60.9 Å². The topological polar surface area (TPSA) is 103 Å². The van der Waals surface area contributed by atoms with Gasteiger partial charge < -0.3 is 9.88 Å². The summed E-state index contributed by atoms with van der Waals surface area (Å²) in [5.74, 6) is -0.120. The first kappa shape index (κ1) is 16.9. The van der Waals surface area contributed by atoms with E-state index in [4.69, 9.17) is 0 Å². The van der Waals surface area contributed by atoms with E-state index in [0.717, 1.165) is 0 Å². The number of hydrogen-bond acceptors (Lipinski definition) is 6. The molecule has 0 saturated carbocycles. The van der Waals surface area contributed by atoms with Gasteiger partial charge in [0.15, 0.2) is 5.16 Å². The van der Waals surface area contributed by atoms with Crippen molar-refractivity contribution < 1.29 is 9.72 Å². The Morgan fingerprint density at radius 3 is 2.59 bits per heavy atom. The van der Waals surface area contributed by atoms with E-state index < -0.39 is 4.92 Å². The maximum Gasteiger partial charge on any atom is 0.271 e. The first-order chi connectivity index (χ1) is 10.4. The third kappa shape index (κ3) is 4.05. The highest BCUT2D eigenvalue weighted by molar-refractivity contribution is 9.11. The lowest BCUT2D eigenvalue weighted by Gasteiger charge is -2.09. The van der Waals surface area contributed by atoms with E-state index >= 15 is 0 Å². The van der Waals surface area contributed by atoms with Crippen LogP contribution in [0, 0.1) is 10.1 Å². The van der Waals surface area contributed by atoms with Gasteiger partial charge in [0.05, 0.1) is 16.4 Å². The standard InChI is InChI=1S/C11H9Br2N5O3S/c1-17-5-14-16-11(17)22-4-9(19)15-10-7(12)2-6(18(20)21)3-8(10)13/h2-3,5H,4H2,1H3,(H,15,19). The van der Waals surface area contributed by atoms with Crippen molar-refractivity contribution in [3.8, 4) is 0 Å². The van der Waals surface area contributed by atoms with E-state index in [-0.39, 0.29) is 17.3 Å². The van der Waals surface area contributed by atoms with Crippen LogP contribution in [-0.2, 0) is 11.8 Å². The van der Waals surface area contributed by atoms with E-state index in [0.29, 0.717) is 19.8 Å². The molecule has 8 nitrogen and oxygen atoms in total. The molecule has 0 radical (unpaired) electrons. The Balaban J connectivity index is 2.05. The largest absolute Gasteiger partial charge is 0.323 e. The van der Waals surface area contributed by atoms with Crippen molar-refractivity contribution in [1.82, 2.24) is 14.8 Å². The molecule has 0 unspecified atom stereocenters. The zero-order valence-corrected chi connectivity index (χ0v) is 15.1. The van der Waals surface area contributed by atoms with Crippen LogP contribution in [0.2, 0.25) is 0 Å². The maximum atomic E-state index is 12.0. The molecule has 0 aliphatic heterocycles. The Labute approximate surface area is 146 Å². The summed E-state index contributed by atoms with van der Waals surface area (Å²) in [7, 11) is 1.78. The Morgan fingerprint density at radius 1 is 1.45 bits per heavy atom.